The van der Waals surface area contributed by atoms with Gasteiger partial charge in [0.2, 0.25) is 0 Å². The lowest BCUT2D eigenvalue weighted by Gasteiger charge is -2.06. The molecule has 100 valence electrons. The summed E-state index contributed by atoms with van der Waals surface area (Å²) < 4.78 is 2.35. The number of aryl methyl sites for hydroxylation is 2. The predicted molar refractivity (Wildman–Crippen MR) is 75.0 cm³/mol. The van der Waals surface area contributed by atoms with Crippen LogP contribution < -0.4 is 0 Å². The van der Waals surface area contributed by atoms with Crippen molar-refractivity contribution in [3.05, 3.63) is 28.0 Å². The molecule has 19 heavy (non-hydrogen) atoms. The number of aromatic nitrogens is 2. The SMILES string of the molecule is Cc1nc(-c2cc(C)n(C3CC3)c2C)sc1C(=O)O. The molecule has 0 amide bonds. The molecule has 1 aliphatic carbocycles. The first-order chi connectivity index (χ1) is 8.99. The zero-order valence-corrected chi connectivity index (χ0v) is 12.0. The van der Waals surface area contributed by atoms with Crippen LogP contribution in [0.5, 0.6) is 0 Å². The van der Waals surface area contributed by atoms with Gasteiger partial charge in [0.05, 0.1) is 5.69 Å². The maximum atomic E-state index is 11.1. The number of aromatic carboxylic acids is 1. The van der Waals surface area contributed by atoms with Gasteiger partial charge in [-0.1, -0.05) is 0 Å². The summed E-state index contributed by atoms with van der Waals surface area (Å²) >= 11 is 1.27. The topological polar surface area (TPSA) is 55.1 Å². The molecule has 0 bridgehead atoms. The molecule has 2 heterocycles. The Bertz CT molecular complexity index is 665. The van der Waals surface area contributed by atoms with E-state index >= 15 is 0 Å². The van der Waals surface area contributed by atoms with Gasteiger partial charge in [0.1, 0.15) is 9.88 Å². The first-order valence-electron chi connectivity index (χ1n) is 6.38. The van der Waals surface area contributed by atoms with E-state index in [1.54, 1.807) is 6.92 Å². The van der Waals surface area contributed by atoms with Crippen molar-refractivity contribution in [1.82, 2.24) is 9.55 Å². The van der Waals surface area contributed by atoms with Crippen molar-refractivity contribution in [3.63, 3.8) is 0 Å². The van der Waals surface area contributed by atoms with Gasteiger partial charge in [-0.15, -0.1) is 11.3 Å². The second-order valence-corrected chi connectivity index (χ2v) is 6.12. The van der Waals surface area contributed by atoms with Gasteiger partial charge in [0.15, 0.2) is 0 Å². The minimum absolute atomic E-state index is 0.339. The molecule has 0 unspecified atom stereocenters. The molecule has 0 atom stereocenters. The van der Waals surface area contributed by atoms with Gasteiger partial charge in [-0.2, -0.15) is 0 Å². The fourth-order valence-electron chi connectivity index (χ4n) is 2.60. The minimum Gasteiger partial charge on any atom is -0.477 e. The van der Waals surface area contributed by atoms with Gasteiger partial charge in [-0.3, -0.25) is 0 Å². The van der Waals surface area contributed by atoms with Crippen LogP contribution in [-0.2, 0) is 0 Å². The summed E-state index contributed by atoms with van der Waals surface area (Å²) in [7, 11) is 0. The maximum absolute atomic E-state index is 11.1. The molecule has 3 rings (SSSR count). The summed E-state index contributed by atoms with van der Waals surface area (Å²) in [5.41, 5.74) is 4.11. The number of carboxylic acids is 1. The van der Waals surface area contributed by atoms with Crippen LogP contribution >= 0.6 is 11.3 Å². The Morgan fingerprint density at radius 1 is 1.42 bits per heavy atom. The molecular weight excluding hydrogens is 260 g/mol. The van der Waals surface area contributed by atoms with Crippen LogP contribution in [-0.4, -0.2) is 20.6 Å². The second kappa shape index (κ2) is 4.20. The van der Waals surface area contributed by atoms with Gasteiger partial charge >= 0.3 is 5.97 Å². The van der Waals surface area contributed by atoms with E-state index in [9.17, 15) is 4.79 Å². The number of carboxylic acid groups (broad SMARTS) is 1. The van der Waals surface area contributed by atoms with Crippen LogP contribution in [0, 0.1) is 20.8 Å². The molecule has 2 aromatic rings. The van der Waals surface area contributed by atoms with E-state index < -0.39 is 5.97 Å². The third kappa shape index (κ3) is 1.98. The maximum Gasteiger partial charge on any atom is 0.347 e. The van der Waals surface area contributed by atoms with E-state index in [0.29, 0.717) is 16.6 Å². The van der Waals surface area contributed by atoms with E-state index in [0.717, 1.165) is 10.6 Å². The fraction of sp³-hybridized carbons (Fsp3) is 0.429. The number of hydrogen-bond donors (Lipinski definition) is 1. The average Bonchev–Trinajstić information content (AvgIpc) is 3.01. The fourth-order valence-corrected chi connectivity index (χ4v) is 3.57. The quantitative estimate of drug-likeness (QED) is 0.932. The van der Waals surface area contributed by atoms with Gasteiger partial charge < -0.3 is 9.67 Å². The van der Waals surface area contributed by atoms with Gasteiger partial charge in [-0.05, 0) is 39.7 Å². The molecule has 1 aliphatic rings. The molecule has 5 heteroatoms. The van der Waals surface area contributed by atoms with Crippen LogP contribution in [0.2, 0.25) is 0 Å². The van der Waals surface area contributed by atoms with Crippen molar-refractivity contribution >= 4 is 17.3 Å². The van der Waals surface area contributed by atoms with Crippen molar-refractivity contribution in [2.24, 2.45) is 0 Å². The van der Waals surface area contributed by atoms with E-state index in [-0.39, 0.29) is 0 Å². The summed E-state index contributed by atoms with van der Waals surface area (Å²) in [6.45, 7) is 5.95. The van der Waals surface area contributed by atoms with Crippen LogP contribution in [0.15, 0.2) is 6.07 Å². The van der Waals surface area contributed by atoms with Crippen LogP contribution in [0.3, 0.4) is 0 Å². The molecule has 0 radical (unpaired) electrons. The van der Waals surface area contributed by atoms with Crippen molar-refractivity contribution < 1.29 is 9.90 Å². The first kappa shape index (κ1) is 12.4. The summed E-state index contributed by atoms with van der Waals surface area (Å²) in [5, 5.41) is 9.93. The Morgan fingerprint density at radius 2 is 2.11 bits per heavy atom. The summed E-state index contributed by atoms with van der Waals surface area (Å²) in [5.74, 6) is -0.891. The Hall–Kier alpha value is -1.62. The number of rotatable bonds is 3. The summed E-state index contributed by atoms with van der Waals surface area (Å²) in [6, 6.07) is 2.76. The molecule has 1 fully saturated rings. The molecule has 0 aliphatic heterocycles. The van der Waals surface area contributed by atoms with Crippen molar-refractivity contribution in [2.45, 2.75) is 39.7 Å². The highest BCUT2D eigenvalue weighted by Crippen LogP contribution is 2.41. The number of nitrogens with zero attached hydrogens (tertiary/aromatic N) is 2. The van der Waals surface area contributed by atoms with E-state index in [2.05, 4.69) is 29.5 Å². The average molecular weight is 276 g/mol. The van der Waals surface area contributed by atoms with E-state index in [4.69, 9.17) is 5.11 Å². The lowest BCUT2D eigenvalue weighted by molar-refractivity contribution is 0.0701. The van der Waals surface area contributed by atoms with Crippen LogP contribution in [0.25, 0.3) is 10.6 Å². The highest BCUT2D eigenvalue weighted by Gasteiger charge is 2.28. The van der Waals surface area contributed by atoms with E-state index in [1.807, 2.05) is 0 Å². The molecule has 0 aromatic carbocycles. The smallest absolute Gasteiger partial charge is 0.347 e. The zero-order chi connectivity index (χ0) is 13.7. The van der Waals surface area contributed by atoms with E-state index in [1.165, 1.54) is 35.6 Å². The Morgan fingerprint density at radius 3 is 2.63 bits per heavy atom. The molecule has 0 saturated heterocycles. The first-order valence-corrected chi connectivity index (χ1v) is 7.20. The highest BCUT2D eigenvalue weighted by atomic mass is 32.1. The molecular formula is C14H16N2O2S. The zero-order valence-electron chi connectivity index (χ0n) is 11.2. The largest absolute Gasteiger partial charge is 0.477 e. The number of thiazole rings is 1. The Balaban J connectivity index is 2.09. The second-order valence-electron chi connectivity index (χ2n) is 5.12. The molecule has 2 aromatic heterocycles. The lowest BCUT2D eigenvalue weighted by Crippen LogP contribution is -1.98. The predicted octanol–water partition coefficient (Wildman–Crippen LogP) is 3.57. The summed E-state index contributed by atoms with van der Waals surface area (Å²) in [6.07, 6.45) is 2.49. The molecule has 0 spiro atoms. The van der Waals surface area contributed by atoms with Gasteiger partial charge in [0, 0.05) is 23.0 Å². The number of hydrogen-bond acceptors (Lipinski definition) is 3. The lowest BCUT2D eigenvalue weighted by atomic mass is 10.2. The molecule has 1 saturated carbocycles. The normalized spacial score (nSPS) is 14.9. The van der Waals surface area contributed by atoms with Crippen molar-refractivity contribution in [1.29, 1.82) is 0 Å². The van der Waals surface area contributed by atoms with Gasteiger partial charge in [0.25, 0.3) is 0 Å². The van der Waals surface area contributed by atoms with Crippen molar-refractivity contribution in [3.8, 4) is 10.6 Å². The Kier molecular flexibility index (Phi) is 2.74. The van der Waals surface area contributed by atoms with Gasteiger partial charge in [-0.25, -0.2) is 9.78 Å². The number of carbonyl (C=O) groups is 1. The minimum atomic E-state index is -0.891. The van der Waals surface area contributed by atoms with Crippen molar-refractivity contribution in [2.75, 3.05) is 0 Å². The molecule has 4 nitrogen and oxygen atoms in total. The van der Waals surface area contributed by atoms with Crippen LogP contribution in [0.4, 0.5) is 0 Å². The standard InChI is InChI=1S/C14H16N2O2S/c1-7-6-11(9(3)16(7)10-4-5-10)13-15-8(2)12(19-13)14(17)18/h6,10H,4-5H2,1-3H3,(H,17,18). The molecule has 1 N–H and O–H groups in total. The third-order valence-electron chi connectivity index (χ3n) is 3.62. The van der Waals surface area contributed by atoms with Crippen LogP contribution in [0.1, 0.15) is 45.6 Å². The summed E-state index contributed by atoms with van der Waals surface area (Å²) in [4.78, 5) is 15.9. The highest BCUT2D eigenvalue weighted by molar-refractivity contribution is 7.17. The third-order valence-corrected chi connectivity index (χ3v) is 4.80. The Labute approximate surface area is 115 Å². The monoisotopic (exact) mass is 276 g/mol.